The van der Waals surface area contributed by atoms with Crippen LogP contribution in [0.15, 0.2) is 79.4 Å². The highest BCUT2D eigenvalue weighted by Gasteiger charge is 2.12. The van der Waals surface area contributed by atoms with Gasteiger partial charge in [0.15, 0.2) is 0 Å². The monoisotopic (exact) mass is 324 g/mol. The van der Waals surface area contributed by atoms with Gasteiger partial charge in [-0.1, -0.05) is 61.2 Å². The van der Waals surface area contributed by atoms with E-state index in [0.717, 1.165) is 16.8 Å². The molecule has 0 aliphatic rings. The number of hydrogen-bond donors (Lipinski definition) is 1. The number of para-hydroxylation sites is 2. The van der Waals surface area contributed by atoms with Gasteiger partial charge in [-0.05, 0) is 36.8 Å². The topological polar surface area (TPSA) is 30.9 Å². The Kier molecular flexibility index (Phi) is 3.66. The van der Waals surface area contributed by atoms with Crippen molar-refractivity contribution in [3.8, 4) is 5.69 Å². The number of hydrogen-bond acceptors (Lipinski definition) is 1. The zero-order valence-corrected chi connectivity index (χ0v) is 14.2. The van der Waals surface area contributed by atoms with Crippen LogP contribution in [-0.4, -0.2) is 4.57 Å². The molecule has 4 rings (SSSR count). The Morgan fingerprint density at radius 1 is 0.920 bits per heavy atom. The molecule has 0 unspecified atom stereocenters. The third-order valence-corrected chi connectivity index (χ3v) is 4.57. The van der Waals surface area contributed by atoms with Crippen LogP contribution in [0.3, 0.4) is 0 Å². The lowest BCUT2D eigenvalue weighted by molar-refractivity contribution is 1.18. The molecule has 25 heavy (non-hydrogen) atoms. The van der Waals surface area contributed by atoms with Crippen LogP contribution in [0.2, 0.25) is 0 Å². The van der Waals surface area contributed by atoms with Crippen molar-refractivity contribution in [2.45, 2.75) is 6.92 Å². The van der Waals surface area contributed by atoms with Crippen molar-refractivity contribution >= 4 is 33.6 Å². The van der Waals surface area contributed by atoms with Gasteiger partial charge in [0.2, 0.25) is 0 Å². The molecule has 122 valence electrons. The minimum Gasteiger partial charge on any atom is -0.399 e. The molecule has 0 atom stereocenters. The number of nitrogens with two attached hydrogens (primary N) is 1. The zero-order chi connectivity index (χ0) is 17.4. The lowest BCUT2D eigenvalue weighted by Crippen LogP contribution is -2.00. The minimum atomic E-state index is 0.585. The van der Waals surface area contributed by atoms with E-state index >= 15 is 0 Å². The van der Waals surface area contributed by atoms with Crippen LogP contribution < -0.4 is 5.73 Å². The van der Waals surface area contributed by atoms with E-state index in [1.54, 1.807) is 0 Å². The first-order chi connectivity index (χ1) is 12.2. The van der Waals surface area contributed by atoms with Crippen LogP contribution in [0.4, 0.5) is 0 Å². The Morgan fingerprint density at radius 2 is 1.52 bits per heavy atom. The van der Waals surface area contributed by atoms with Gasteiger partial charge >= 0.3 is 0 Å². The van der Waals surface area contributed by atoms with Crippen LogP contribution >= 0.6 is 0 Å². The van der Waals surface area contributed by atoms with E-state index in [9.17, 15) is 0 Å². The second kappa shape index (κ2) is 5.99. The van der Waals surface area contributed by atoms with Crippen molar-refractivity contribution < 1.29 is 0 Å². The standard InChI is InChI=1S/C23H20N2/c1-3-8-17-15-18(13-14-19(17)16(2)24)25-22-11-6-4-9-20(22)21-10-5-7-12-23(21)25/h3-15H,2,24H2,1H3/b8-3-. The molecule has 1 aromatic heterocycles. The average Bonchev–Trinajstić information content (AvgIpc) is 2.96. The maximum Gasteiger partial charge on any atom is 0.0541 e. The third-order valence-electron chi connectivity index (χ3n) is 4.57. The fraction of sp³-hybridized carbons (Fsp3) is 0.0435. The zero-order valence-electron chi connectivity index (χ0n) is 14.2. The number of rotatable bonds is 3. The van der Waals surface area contributed by atoms with E-state index < -0.39 is 0 Å². The molecule has 2 N–H and O–H groups in total. The van der Waals surface area contributed by atoms with Crippen molar-refractivity contribution in [2.75, 3.05) is 0 Å². The molecule has 0 radical (unpaired) electrons. The lowest BCUT2D eigenvalue weighted by atomic mass is 10.0. The summed E-state index contributed by atoms with van der Waals surface area (Å²) in [7, 11) is 0. The summed E-state index contributed by atoms with van der Waals surface area (Å²) in [5, 5.41) is 2.52. The van der Waals surface area contributed by atoms with Crippen LogP contribution in [-0.2, 0) is 0 Å². The Bertz CT molecular complexity index is 1080. The van der Waals surface area contributed by atoms with Gasteiger partial charge in [-0.3, -0.25) is 0 Å². The molecule has 0 aliphatic carbocycles. The molecule has 0 bridgehead atoms. The third kappa shape index (κ3) is 2.43. The molecular weight excluding hydrogens is 304 g/mol. The van der Waals surface area contributed by atoms with Crippen molar-refractivity contribution in [2.24, 2.45) is 5.73 Å². The highest BCUT2D eigenvalue weighted by atomic mass is 15.0. The molecule has 2 nitrogen and oxygen atoms in total. The summed E-state index contributed by atoms with van der Waals surface area (Å²) in [6.45, 7) is 5.91. The molecule has 0 amide bonds. The van der Waals surface area contributed by atoms with Gasteiger partial charge in [-0.2, -0.15) is 0 Å². The maximum atomic E-state index is 5.96. The lowest BCUT2D eigenvalue weighted by Gasteiger charge is -2.12. The van der Waals surface area contributed by atoms with Gasteiger partial charge in [-0.15, -0.1) is 0 Å². The molecule has 0 aliphatic heterocycles. The quantitative estimate of drug-likeness (QED) is 0.511. The van der Waals surface area contributed by atoms with Gasteiger partial charge in [0, 0.05) is 27.7 Å². The molecule has 3 aromatic carbocycles. The van der Waals surface area contributed by atoms with Crippen LogP contribution in [0.1, 0.15) is 18.1 Å². The second-order valence-corrected chi connectivity index (χ2v) is 6.17. The van der Waals surface area contributed by atoms with Crippen molar-refractivity contribution in [1.82, 2.24) is 4.57 Å². The highest BCUT2D eigenvalue weighted by molar-refractivity contribution is 6.09. The molecule has 0 spiro atoms. The molecular formula is C23H20N2. The predicted octanol–water partition coefficient (Wildman–Crippen LogP) is 5.75. The molecule has 1 heterocycles. The summed E-state index contributed by atoms with van der Waals surface area (Å²) in [6, 6.07) is 23.4. The molecule has 4 aromatic rings. The van der Waals surface area contributed by atoms with Crippen molar-refractivity contribution in [3.63, 3.8) is 0 Å². The molecule has 0 saturated carbocycles. The Labute approximate surface area is 147 Å². The van der Waals surface area contributed by atoms with Gasteiger partial charge in [0.1, 0.15) is 0 Å². The first-order valence-corrected chi connectivity index (χ1v) is 8.41. The Balaban J connectivity index is 2.07. The summed E-state index contributed by atoms with van der Waals surface area (Å²) in [5.74, 6) is 0. The maximum absolute atomic E-state index is 5.96. The van der Waals surface area contributed by atoms with Gasteiger partial charge in [0.05, 0.1) is 11.0 Å². The smallest absolute Gasteiger partial charge is 0.0541 e. The van der Waals surface area contributed by atoms with Crippen LogP contribution in [0, 0.1) is 0 Å². The van der Waals surface area contributed by atoms with Crippen molar-refractivity contribution in [1.29, 1.82) is 0 Å². The normalized spacial score (nSPS) is 11.6. The van der Waals surface area contributed by atoms with Gasteiger partial charge < -0.3 is 10.3 Å². The first-order valence-electron chi connectivity index (χ1n) is 8.41. The SMILES string of the molecule is C=C(N)c1ccc(-n2c3ccccc3c3ccccc32)cc1/C=C\C. The average molecular weight is 324 g/mol. The van der Waals surface area contributed by atoms with E-state index in [0.29, 0.717) is 5.70 Å². The van der Waals surface area contributed by atoms with E-state index in [1.807, 2.05) is 13.0 Å². The summed E-state index contributed by atoms with van der Waals surface area (Å²) in [5.41, 5.74) is 12.1. The Morgan fingerprint density at radius 3 is 2.08 bits per heavy atom. The second-order valence-electron chi connectivity index (χ2n) is 6.17. The van der Waals surface area contributed by atoms with E-state index in [1.165, 1.54) is 21.8 Å². The largest absolute Gasteiger partial charge is 0.399 e. The fourth-order valence-electron chi connectivity index (χ4n) is 3.50. The number of allylic oxidation sites excluding steroid dienone is 1. The van der Waals surface area contributed by atoms with Crippen LogP contribution in [0.5, 0.6) is 0 Å². The highest BCUT2D eigenvalue weighted by Crippen LogP contribution is 2.32. The predicted molar refractivity (Wildman–Crippen MR) is 109 cm³/mol. The van der Waals surface area contributed by atoms with E-state index in [4.69, 9.17) is 5.73 Å². The van der Waals surface area contributed by atoms with E-state index in [2.05, 4.69) is 84.0 Å². The molecule has 0 fully saturated rings. The number of aromatic nitrogens is 1. The molecule has 2 heteroatoms. The minimum absolute atomic E-state index is 0.585. The summed E-state index contributed by atoms with van der Waals surface area (Å²) in [6.07, 6.45) is 4.10. The van der Waals surface area contributed by atoms with Crippen LogP contribution in [0.25, 0.3) is 39.3 Å². The van der Waals surface area contributed by atoms with E-state index in [-0.39, 0.29) is 0 Å². The van der Waals surface area contributed by atoms with Gasteiger partial charge in [-0.25, -0.2) is 0 Å². The molecule has 0 saturated heterocycles. The number of nitrogens with zero attached hydrogens (tertiary/aromatic N) is 1. The summed E-state index contributed by atoms with van der Waals surface area (Å²) < 4.78 is 2.31. The van der Waals surface area contributed by atoms with Crippen molar-refractivity contribution in [3.05, 3.63) is 90.5 Å². The summed E-state index contributed by atoms with van der Waals surface area (Å²) >= 11 is 0. The fourth-order valence-corrected chi connectivity index (χ4v) is 3.50. The van der Waals surface area contributed by atoms with Gasteiger partial charge in [0.25, 0.3) is 0 Å². The number of fused-ring (bicyclic) bond motifs is 3. The Hall–Kier alpha value is -3.26. The summed E-state index contributed by atoms with van der Waals surface area (Å²) in [4.78, 5) is 0. The number of benzene rings is 3. The first kappa shape index (κ1) is 15.3.